The van der Waals surface area contributed by atoms with Crippen LogP contribution in [0.1, 0.15) is 22.0 Å². The van der Waals surface area contributed by atoms with Gasteiger partial charge in [-0.3, -0.25) is 24.1 Å². The minimum Gasteiger partial charge on any atom is -0.504 e. The van der Waals surface area contributed by atoms with Crippen LogP contribution >= 0.6 is 23.5 Å². The zero-order chi connectivity index (χ0) is 34.3. The number of ether oxygens (including phenoxy) is 1. The molecular formula is C29H25N7O10S2. The summed E-state index contributed by atoms with van der Waals surface area (Å²) in [5, 5.41) is 45.2. The van der Waals surface area contributed by atoms with Crippen molar-refractivity contribution in [3.05, 3.63) is 81.3 Å². The lowest BCUT2D eigenvalue weighted by Crippen LogP contribution is -2.81. The summed E-state index contributed by atoms with van der Waals surface area (Å²) < 4.78 is 12.3. The van der Waals surface area contributed by atoms with Gasteiger partial charge in [-0.1, -0.05) is 42.1 Å². The van der Waals surface area contributed by atoms with Gasteiger partial charge in [0.2, 0.25) is 16.5 Å². The molecule has 19 heteroatoms. The van der Waals surface area contributed by atoms with Crippen molar-refractivity contribution < 1.29 is 43.7 Å². The van der Waals surface area contributed by atoms with E-state index in [0.29, 0.717) is 10.7 Å². The summed E-state index contributed by atoms with van der Waals surface area (Å²) in [6.07, 6.45) is 0.857. The molecule has 0 bridgehead atoms. The third-order valence-electron chi connectivity index (χ3n) is 7.69. The molecule has 248 valence electrons. The standard InChI is InChI=1S/C29H25N7O10S2/c1-35-28(32-33-34-35)48-12-14-11-47-27-29(45-2,26(44)36(27)21(14)25(42)43)31-24(41)20(13-6-4-3-5-7-13)30-23(40)16-10-46-19-9-18(38)17(37)8-15(19)22(16)39/h3-10,20,27,37-38H,11-12H2,1-2H3,(H,30,40)(H,31,41)(H,42,43)/t20?,27-,29-/m0/s1. The van der Waals surface area contributed by atoms with Crippen molar-refractivity contribution in [1.29, 1.82) is 0 Å². The fourth-order valence-corrected chi connectivity index (χ4v) is 7.70. The number of phenolic OH excluding ortho intramolecular Hbond substituents is 2. The number of carbonyl (C=O) groups excluding carboxylic acids is 3. The molecule has 2 aromatic heterocycles. The highest BCUT2D eigenvalue weighted by Gasteiger charge is 2.67. The number of aromatic hydroxyl groups is 2. The van der Waals surface area contributed by atoms with Crippen molar-refractivity contribution in [1.82, 2.24) is 35.7 Å². The summed E-state index contributed by atoms with van der Waals surface area (Å²) in [5.41, 5.74) is -2.96. The molecule has 0 saturated carbocycles. The van der Waals surface area contributed by atoms with Gasteiger partial charge in [0.15, 0.2) is 11.5 Å². The number of fused-ring (bicyclic) bond motifs is 2. The topological polar surface area (TPSA) is 239 Å². The van der Waals surface area contributed by atoms with E-state index in [0.717, 1.165) is 23.3 Å². The molecule has 0 radical (unpaired) electrons. The van der Waals surface area contributed by atoms with Crippen molar-refractivity contribution in [2.24, 2.45) is 7.05 Å². The molecule has 4 aromatic rings. The quantitative estimate of drug-likeness (QED) is 0.0664. The molecule has 6 rings (SSSR count). The Labute approximate surface area is 277 Å². The summed E-state index contributed by atoms with van der Waals surface area (Å²) in [6, 6.07) is 8.49. The van der Waals surface area contributed by atoms with E-state index < -0.39 is 63.3 Å². The smallest absolute Gasteiger partial charge is 0.352 e. The number of aryl methyl sites for hydroxylation is 1. The van der Waals surface area contributed by atoms with Crippen LogP contribution in [0, 0.1) is 0 Å². The predicted molar refractivity (Wildman–Crippen MR) is 168 cm³/mol. The number of benzene rings is 2. The molecule has 3 amide bonds. The first kappa shape index (κ1) is 32.5. The van der Waals surface area contributed by atoms with Crippen molar-refractivity contribution in [3.8, 4) is 11.5 Å². The van der Waals surface area contributed by atoms with Gasteiger partial charge in [-0.05, 0) is 27.6 Å². The number of nitrogens with one attached hydrogen (secondary N) is 2. The van der Waals surface area contributed by atoms with Crippen LogP contribution in [0.2, 0.25) is 0 Å². The van der Waals surface area contributed by atoms with Gasteiger partial charge in [-0.15, -0.1) is 16.9 Å². The number of methoxy groups -OCH3 is 1. The third kappa shape index (κ3) is 5.50. The van der Waals surface area contributed by atoms with Crippen LogP contribution in [0.5, 0.6) is 11.5 Å². The molecule has 2 aliphatic rings. The third-order valence-corrected chi connectivity index (χ3v) is 10.2. The molecule has 1 saturated heterocycles. The van der Waals surface area contributed by atoms with E-state index in [1.165, 1.54) is 35.3 Å². The Morgan fingerprint density at radius 1 is 1.19 bits per heavy atom. The molecule has 0 aliphatic carbocycles. The predicted octanol–water partition coefficient (Wildman–Crippen LogP) is 0.704. The maximum absolute atomic E-state index is 13.9. The zero-order valence-corrected chi connectivity index (χ0v) is 26.6. The molecule has 2 aromatic carbocycles. The van der Waals surface area contributed by atoms with Gasteiger partial charge in [0, 0.05) is 31.7 Å². The summed E-state index contributed by atoms with van der Waals surface area (Å²) in [4.78, 5) is 67.6. The number of aromatic nitrogens is 4. The van der Waals surface area contributed by atoms with Crippen LogP contribution in [0.25, 0.3) is 11.0 Å². The van der Waals surface area contributed by atoms with Gasteiger partial charge in [-0.2, -0.15) is 0 Å². The van der Waals surface area contributed by atoms with Gasteiger partial charge < -0.3 is 35.1 Å². The van der Waals surface area contributed by atoms with Gasteiger partial charge in [-0.25, -0.2) is 9.48 Å². The number of carbonyl (C=O) groups is 4. The van der Waals surface area contributed by atoms with Gasteiger partial charge in [0.1, 0.15) is 34.5 Å². The van der Waals surface area contributed by atoms with E-state index in [2.05, 4.69) is 26.2 Å². The first-order valence-electron chi connectivity index (χ1n) is 13.9. The van der Waals surface area contributed by atoms with Crippen molar-refractivity contribution in [2.45, 2.75) is 22.3 Å². The average molecular weight is 696 g/mol. The largest absolute Gasteiger partial charge is 0.504 e. The Kier molecular flexibility index (Phi) is 8.58. The minimum atomic E-state index is -1.99. The van der Waals surface area contributed by atoms with E-state index in [4.69, 9.17) is 9.15 Å². The second-order valence-electron chi connectivity index (χ2n) is 10.5. The maximum Gasteiger partial charge on any atom is 0.352 e. The Balaban J connectivity index is 1.27. The number of thioether (sulfide) groups is 2. The van der Waals surface area contributed by atoms with Crippen LogP contribution in [0.4, 0.5) is 0 Å². The highest BCUT2D eigenvalue weighted by molar-refractivity contribution is 8.01. The van der Waals surface area contributed by atoms with Crippen LogP contribution in [-0.4, -0.2) is 93.8 Å². The van der Waals surface area contributed by atoms with Gasteiger partial charge >= 0.3 is 5.97 Å². The lowest BCUT2D eigenvalue weighted by atomic mass is 9.97. The van der Waals surface area contributed by atoms with Crippen LogP contribution < -0.4 is 16.1 Å². The van der Waals surface area contributed by atoms with Crippen LogP contribution in [0.3, 0.4) is 0 Å². The van der Waals surface area contributed by atoms with Crippen molar-refractivity contribution in [2.75, 3.05) is 18.6 Å². The highest BCUT2D eigenvalue weighted by Crippen LogP contribution is 2.47. The van der Waals surface area contributed by atoms with Gasteiger partial charge in [0.25, 0.3) is 17.5 Å². The molecule has 1 unspecified atom stereocenters. The van der Waals surface area contributed by atoms with Crippen molar-refractivity contribution >= 4 is 58.2 Å². The van der Waals surface area contributed by atoms with E-state index in [1.54, 1.807) is 37.4 Å². The number of hydrogen-bond acceptors (Lipinski definition) is 14. The van der Waals surface area contributed by atoms with Crippen molar-refractivity contribution in [3.63, 3.8) is 0 Å². The normalized spacial score (nSPS) is 19.4. The molecule has 5 N–H and O–H groups in total. The molecule has 3 atom stereocenters. The van der Waals surface area contributed by atoms with E-state index >= 15 is 0 Å². The molecule has 2 aliphatic heterocycles. The number of aliphatic carboxylic acids is 1. The fourth-order valence-electron chi connectivity index (χ4n) is 5.27. The highest BCUT2D eigenvalue weighted by atomic mass is 32.2. The molecule has 48 heavy (non-hydrogen) atoms. The summed E-state index contributed by atoms with van der Waals surface area (Å²) in [5.74, 6) is -4.87. The number of nitrogens with zero attached hydrogens (tertiary/aromatic N) is 5. The van der Waals surface area contributed by atoms with Crippen LogP contribution in [0.15, 0.2) is 74.4 Å². The Morgan fingerprint density at radius 2 is 1.92 bits per heavy atom. The van der Waals surface area contributed by atoms with Gasteiger partial charge in [0.05, 0.1) is 5.39 Å². The first-order chi connectivity index (χ1) is 23.0. The Bertz CT molecular complexity index is 2070. The number of carboxylic acid groups (broad SMARTS) is 1. The number of carboxylic acids is 1. The Hall–Kier alpha value is -5.40. The zero-order valence-electron chi connectivity index (χ0n) is 24.9. The summed E-state index contributed by atoms with van der Waals surface area (Å²) in [6.45, 7) is 0. The molecule has 4 heterocycles. The number of amides is 3. The summed E-state index contributed by atoms with van der Waals surface area (Å²) >= 11 is 2.37. The number of rotatable bonds is 10. The first-order valence-corrected chi connectivity index (χ1v) is 16.0. The molecule has 1 fully saturated rings. The second kappa shape index (κ2) is 12.7. The van der Waals surface area contributed by atoms with E-state index in [9.17, 15) is 39.3 Å². The molecule has 17 nitrogen and oxygen atoms in total. The van der Waals surface area contributed by atoms with E-state index in [-0.39, 0.29) is 33.7 Å². The number of phenols is 2. The number of tetrazole rings is 1. The molecular weight excluding hydrogens is 670 g/mol. The van der Waals surface area contributed by atoms with E-state index in [1.807, 2.05) is 0 Å². The number of hydrogen-bond donors (Lipinski definition) is 5. The molecule has 0 spiro atoms. The SMILES string of the molecule is CO[C@@]1(NC(=O)C(NC(=O)c2coc3cc(O)c(O)cc3c2=O)c2ccccc2)C(=O)N2C(C(=O)O)=C(CSc3nnnn3C)CS[C@H]21. The van der Waals surface area contributed by atoms with Crippen LogP contribution in [-0.2, 0) is 26.2 Å². The monoisotopic (exact) mass is 695 g/mol. The maximum atomic E-state index is 13.9. The minimum absolute atomic E-state index is 0.0912. The fraction of sp³-hybridized carbons (Fsp3) is 0.241. The second-order valence-corrected chi connectivity index (χ2v) is 12.5. The summed E-state index contributed by atoms with van der Waals surface area (Å²) in [7, 11) is 2.82. The average Bonchev–Trinajstić information content (AvgIpc) is 3.49. The number of β-lactam (4-membered cyclic amide) rings is 1. The Morgan fingerprint density at radius 3 is 2.58 bits per heavy atom. The lowest BCUT2D eigenvalue weighted by molar-refractivity contribution is -0.192. The lowest BCUT2D eigenvalue weighted by Gasteiger charge is -2.56.